The first-order valence-corrected chi connectivity index (χ1v) is 7.33. The lowest BCUT2D eigenvalue weighted by atomic mass is 9.90. The molecule has 106 valence electrons. The van der Waals surface area contributed by atoms with Crippen LogP contribution in [0.1, 0.15) is 50.6 Å². The second-order valence-electron chi connectivity index (χ2n) is 5.36. The van der Waals surface area contributed by atoms with Gasteiger partial charge in [0.05, 0.1) is 7.11 Å². The van der Waals surface area contributed by atoms with E-state index < -0.39 is 0 Å². The quantitative estimate of drug-likeness (QED) is 0.837. The molecule has 1 N–H and O–H groups in total. The van der Waals surface area contributed by atoms with Crippen LogP contribution >= 0.6 is 0 Å². The van der Waals surface area contributed by atoms with Crippen LogP contribution in [-0.4, -0.2) is 13.7 Å². The monoisotopic (exact) mass is 265 g/mol. The maximum absolute atomic E-state index is 13.6. The summed E-state index contributed by atoms with van der Waals surface area (Å²) in [6.45, 7) is 3.11. The smallest absolute Gasteiger partial charge is 0.123 e. The fourth-order valence-corrected chi connectivity index (χ4v) is 3.07. The van der Waals surface area contributed by atoms with Crippen molar-refractivity contribution < 1.29 is 9.13 Å². The summed E-state index contributed by atoms with van der Waals surface area (Å²) in [5, 5.41) is 3.58. The Morgan fingerprint density at radius 1 is 1.37 bits per heavy atom. The molecule has 1 aliphatic rings. The average Bonchev–Trinajstić information content (AvgIpc) is 2.93. The lowest BCUT2D eigenvalue weighted by molar-refractivity contribution is 0.343. The highest BCUT2D eigenvalue weighted by molar-refractivity contribution is 5.37. The number of methoxy groups -OCH3 is 1. The molecule has 0 spiro atoms. The van der Waals surface area contributed by atoms with Crippen LogP contribution in [0.25, 0.3) is 0 Å². The summed E-state index contributed by atoms with van der Waals surface area (Å²) >= 11 is 0. The van der Waals surface area contributed by atoms with Gasteiger partial charge in [-0.25, -0.2) is 4.39 Å². The molecule has 2 nitrogen and oxygen atoms in total. The summed E-state index contributed by atoms with van der Waals surface area (Å²) in [4.78, 5) is 0. The van der Waals surface area contributed by atoms with Gasteiger partial charge in [0.15, 0.2) is 0 Å². The molecule has 1 aromatic rings. The zero-order valence-corrected chi connectivity index (χ0v) is 11.9. The molecular formula is C16H24FNO. The van der Waals surface area contributed by atoms with E-state index in [9.17, 15) is 4.39 Å². The standard InChI is InChI=1S/C16H24FNO/c1-3-10-18-16(12-6-4-5-7-12)14-11-13(17)8-9-15(14)19-2/h8-9,11-12,16,18H,3-7,10H2,1-2H3. The number of ether oxygens (including phenoxy) is 1. The fourth-order valence-electron chi connectivity index (χ4n) is 3.07. The van der Waals surface area contributed by atoms with E-state index >= 15 is 0 Å². The van der Waals surface area contributed by atoms with Gasteiger partial charge in [0, 0.05) is 11.6 Å². The van der Waals surface area contributed by atoms with Crippen LogP contribution in [0.4, 0.5) is 4.39 Å². The van der Waals surface area contributed by atoms with Crippen molar-refractivity contribution in [2.75, 3.05) is 13.7 Å². The number of halogens is 1. The lowest BCUT2D eigenvalue weighted by Crippen LogP contribution is -2.28. The SMILES string of the molecule is CCCNC(c1cc(F)ccc1OC)C1CCCC1. The van der Waals surface area contributed by atoms with E-state index in [4.69, 9.17) is 4.74 Å². The highest BCUT2D eigenvalue weighted by Gasteiger charge is 2.28. The molecule has 0 aromatic heterocycles. The predicted octanol–water partition coefficient (Wildman–Crippen LogP) is 4.07. The van der Waals surface area contributed by atoms with Crippen LogP contribution in [0, 0.1) is 11.7 Å². The molecule has 1 fully saturated rings. The molecular weight excluding hydrogens is 241 g/mol. The van der Waals surface area contributed by atoms with Crippen LogP contribution in [0.3, 0.4) is 0 Å². The Morgan fingerprint density at radius 3 is 2.74 bits per heavy atom. The van der Waals surface area contributed by atoms with Gasteiger partial charge in [-0.05, 0) is 49.9 Å². The molecule has 0 bridgehead atoms. The van der Waals surface area contributed by atoms with Crippen molar-refractivity contribution in [1.82, 2.24) is 5.32 Å². The zero-order chi connectivity index (χ0) is 13.7. The minimum absolute atomic E-state index is 0.183. The first-order valence-electron chi connectivity index (χ1n) is 7.33. The van der Waals surface area contributed by atoms with Gasteiger partial charge in [0.25, 0.3) is 0 Å². The van der Waals surface area contributed by atoms with Gasteiger partial charge in [-0.1, -0.05) is 19.8 Å². The average molecular weight is 265 g/mol. The van der Waals surface area contributed by atoms with Gasteiger partial charge in [-0.2, -0.15) is 0 Å². The predicted molar refractivity (Wildman–Crippen MR) is 75.9 cm³/mol. The molecule has 1 atom stereocenters. The van der Waals surface area contributed by atoms with Gasteiger partial charge in [0.1, 0.15) is 11.6 Å². The van der Waals surface area contributed by atoms with Gasteiger partial charge < -0.3 is 10.1 Å². The van der Waals surface area contributed by atoms with Gasteiger partial charge in [-0.15, -0.1) is 0 Å². The number of hydrogen-bond acceptors (Lipinski definition) is 2. The van der Waals surface area contributed by atoms with E-state index in [1.54, 1.807) is 19.2 Å². The van der Waals surface area contributed by atoms with Crippen LogP contribution in [-0.2, 0) is 0 Å². The number of benzene rings is 1. The molecule has 2 rings (SSSR count). The van der Waals surface area contributed by atoms with E-state index in [2.05, 4.69) is 12.2 Å². The van der Waals surface area contributed by atoms with Crippen LogP contribution in [0.15, 0.2) is 18.2 Å². The normalized spacial score (nSPS) is 17.6. The first-order chi connectivity index (χ1) is 9.26. The third-order valence-electron chi connectivity index (χ3n) is 4.01. The maximum atomic E-state index is 13.6. The zero-order valence-electron chi connectivity index (χ0n) is 11.9. The first kappa shape index (κ1) is 14.3. The highest BCUT2D eigenvalue weighted by Crippen LogP contribution is 2.39. The molecule has 1 saturated carbocycles. The van der Waals surface area contributed by atoms with Gasteiger partial charge in [0.2, 0.25) is 0 Å². The molecule has 0 amide bonds. The molecule has 1 aliphatic carbocycles. The molecule has 1 unspecified atom stereocenters. The van der Waals surface area contributed by atoms with E-state index in [0.717, 1.165) is 24.3 Å². The fraction of sp³-hybridized carbons (Fsp3) is 0.625. The Labute approximate surface area is 115 Å². The molecule has 1 aromatic carbocycles. The molecule has 0 saturated heterocycles. The van der Waals surface area contributed by atoms with Crippen molar-refractivity contribution >= 4 is 0 Å². The summed E-state index contributed by atoms with van der Waals surface area (Å²) in [5.74, 6) is 1.21. The van der Waals surface area contributed by atoms with Gasteiger partial charge >= 0.3 is 0 Å². The van der Waals surface area contributed by atoms with Crippen molar-refractivity contribution in [3.05, 3.63) is 29.6 Å². The summed E-state index contributed by atoms with van der Waals surface area (Å²) in [6, 6.07) is 5.05. The topological polar surface area (TPSA) is 21.3 Å². The summed E-state index contributed by atoms with van der Waals surface area (Å²) < 4.78 is 19.0. The number of rotatable bonds is 6. The lowest BCUT2D eigenvalue weighted by Gasteiger charge is -2.26. The highest BCUT2D eigenvalue weighted by atomic mass is 19.1. The summed E-state index contributed by atoms with van der Waals surface area (Å²) in [7, 11) is 1.66. The van der Waals surface area contributed by atoms with Crippen molar-refractivity contribution in [1.29, 1.82) is 0 Å². The number of nitrogens with one attached hydrogen (secondary N) is 1. The second kappa shape index (κ2) is 6.90. The van der Waals surface area contributed by atoms with Crippen molar-refractivity contribution in [2.45, 2.75) is 45.1 Å². The molecule has 0 aliphatic heterocycles. The van der Waals surface area contributed by atoms with Gasteiger partial charge in [-0.3, -0.25) is 0 Å². The molecule has 3 heteroatoms. The third kappa shape index (κ3) is 3.47. The van der Waals surface area contributed by atoms with Crippen LogP contribution in [0.2, 0.25) is 0 Å². The van der Waals surface area contributed by atoms with Crippen LogP contribution < -0.4 is 10.1 Å². The molecule has 0 heterocycles. The molecule has 0 radical (unpaired) electrons. The Hall–Kier alpha value is -1.09. The minimum Gasteiger partial charge on any atom is -0.496 e. The van der Waals surface area contributed by atoms with E-state index in [1.807, 2.05) is 0 Å². The van der Waals surface area contributed by atoms with Crippen molar-refractivity contribution in [3.63, 3.8) is 0 Å². The summed E-state index contributed by atoms with van der Waals surface area (Å²) in [6.07, 6.45) is 6.10. The molecule has 19 heavy (non-hydrogen) atoms. The Bertz CT molecular complexity index is 402. The minimum atomic E-state index is -0.183. The van der Waals surface area contributed by atoms with E-state index in [1.165, 1.54) is 31.7 Å². The summed E-state index contributed by atoms with van der Waals surface area (Å²) in [5.41, 5.74) is 0.975. The number of hydrogen-bond donors (Lipinski definition) is 1. The van der Waals surface area contributed by atoms with Crippen molar-refractivity contribution in [2.24, 2.45) is 5.92 Å². The largest absolute Gasteiger partial charge is 0.496 e. The van der Waals surface area contributed by atoms with Crippen LogP contribution in [0.5, 0.6) is 5.75 Å². The maximum Gasteiger partial charge on any atom is 0.123 e. The second-order valence-corrected chi connectivity index (χ2v) is 5.36. The third-order valence-corrected chi connectivity index (χ3v) is 4.01. The van der Waals surface area contributed by atoms with Crippen molar-refractivity contribution in [3.8, 4) is 5.75 Å². The van der Waals surface area contributed by atoms with E-state index in [0.29, 0.717) is 5.92 Å². The van der Waals surface area contributed by atoms with E-state index in [-0.39, 0.29) is 11.9 Å². The Balaban J connectivity index is 2.27. The Kier molecular flexibility index (Phi) is 5.20. The Morgan fingerprint density at radius 2 is 2.11 bits per heavy atom.